The molecule has 0 amide bonds. The number of nitrogens with two attached hydrogens (primary N) is 1. The first kappa shape index (κ1) is 13.6. The molecule has 0 bridgehead atoms. The highest BCUT2D eigenvalue weighted by molar-refractivity contribution is 5.63. The van der Waals surface area contributed by atoms with Gasteiger partial charge in [-0.25, -0.2) is 0 Å². The maximum atomic E-state index is 9.92. The van der Waals surface area contributed by atoms with Gasteiger partial charge in [0.05, 0.1) is 6.10 Å². The predicted molar refractivity (Wildman–Crippen MR) is 79.6 cm³/mol. The van der Waals surface area contributed by atoms with Crippen LogP contribution in [-0.4, -0.2) is 17.8 Å². The summed E-state index contributed by atoms with van der Waals surface area (Å²) in [5.74, 6) is -0.00240. The largest absolute Gasteiger partial charge is 0.391 e. The van der Waals surface area contributed by atoms with Gasteiger partial charge in [0.1, 0.15) is 0 Å². The highest BCUT2D eigenvalue weighted by Crippen LogP contribution is 2.28. The van der Waals surface area contributed by atoms with Gasteiger partial charge in [-0.2, -0.15) is 0 Å². The first-order chi connectivity index (χ1) is 9.22. The Balaban J connectivity index is 2.26. The van der Waals surface area contributed by atoms with E-state index in [-0.39, 0.29) is 12.5 Å². The number of para-hydroxylation sites is 2. The fourth-order valence-corrected chi connectivity index (χ4v) is 2.10. The molecule has 0 aliphatic heterocycles. The first-order valence-electron chi connectivity index (χ1n) is 6.51. The molecule has 0 saturated carbocycles. The van der Waals surface area contributed by atoms with Crippen LogP contribution < -0.4 is 11.1 Å². The van der Waals surface area contributed by atoms with Crippen LogP contribution in [0.4, 0.5) is 11.4 Å². The summed E-state index contributed by atoms with van der Waals surface area (Å²) in [6, 6.07) is 18.0. The third kappa shape index (κ3) is 3.34. The van der Waals surface area contributed by atoms with Gasteiger partial charge >= 0.3 is 0 Å². The van der Waals surface area contributed by atoms with Gasteiger partial charge in [-0.05, 0) is 23.8 Å². The lowest BCUT2D eigenvalue weighted by atomic mass is 9.93. The minimum atomic E-state index is -0.529. The van der Waals surface area contributed by atoms with Gasteiger partial charge in [-0.1, -0.05) is 43.3 Å². The highest BCUT2D eigenvalue weighted by atomic mass is 16.3. The van der Waals surface area contributed by atoms with Crippen LogP contribution in [0.3, 0.4) is 0 Å². The molecule has 4 N–H and O–H groups in total. The van der Waals surface area contributed by atoms with Gasteiger partial charge in [0.15, 0.2) is 0 Å². The van der Waals surface area contributed by atoms with Gasteiger partial charge in [-0.3, -0.25) is 0 Å². The average Bonchev–Trinajstić information content (AvgIpc) is 2.47. The van der Waals surface area contributed by atoms with E-state index in [0.717, 1.165) is 16.9 Å². The zero-order valence-electron chi connectivity index (χ0n) is 11.1. The summed E-state index contributed by atoms with van der Waals surface area (Å²) in [7, 11) is 0. The Morgan fingerprint density at radius 3 is 2.37 bits per heavy atom. The first-order valence-corrected chi connectivity index (χ1v) is 6.51. The van der Waals surface area contributed by atoms with Crippen LogP contribution >= 0.6 is 0 Å². The second-order valence-corrected chi connectivity index (χ2v) is 4.67. The molecule has 0 saturated heterocycles. The van der Waals surface area contributed by atoms with E-state index in [1.54, 1.807) is 0 Å². The molecule has 0 aromatic heterocycles. The highest BCUT2D eigenvalue weighted by Gasteiger charge is 2.17. The molecule has 0 fully saturated rings. The molecular formula is C16H20N2O. The minimum absolute atomic E-state index is 0.00240. The number of aliphatic hydroxyl groups is 1. The van der Waals surface area contributed by atoms with Crippen molar-refractivity contribution in [2.75, 3.05) is 11.9 Å². The molecule has 2 atom stereocenters. The Labute approximate surface area is 114 Å². The molecule has 19 heavy (non-hydrogen) atoms. The van der Waals surface area contributed by atoms with Gasteiger partial charge in [0.25, 0.3) is 0 Å². The molecule has 2 rings (SSSR count). The summed E-state index contributed by atoms with van der Waals surface area (Å²) < 4.78 is 0. The second-order valence-electron chi connectivity index (χ2n) is 4.67. The monoisotopic (exact) mass is 256 g/mol. The van der Waals surface area contributed by atoms with Crippen molar-refractivity contribution >= 4 is 11.4 Å². The van der Waals surface area contributed by atoms with Crippen molar-refractivity contribution in [3.05, 3.63) is 60.2 Å². The van der Waals surface area contributed by atoms with Gasteiger partial charge in [0, 0.05) is 23.8 Å². The molecule has 0 aliphatic carbocycles. The Morgan fingerprint density at radius 1 is 1.05 bits per heavy atom. The molecular weight excluding hydrogens is 236 g/mol. The molecule has 2 unspecified atom stereocenters. The molecule has 0 aliphatic rings. The number of nitrogens with one attached hydrogen (secondary N) is 1. The molecule has 0 radical (unpaired) electrons. The fraction of sp³-hybridized carbons (Fsp3) is 0.250. The molecule has 0 spiro atoms. The van der Waals surface area contributed by atoms with Crippen LogP contribution in [0, 0.1) is 0 Å². The Kier molecular flexibility index (Phi) is 4.55. The number of anilines is 2. The number of hydrogen-bond acceptors (Lipinski definition) is 3. The maximum Gasteiger partial charge on any atom is 0.0728 e. The predicted octanol–water partition coefficient (Wildman–Crippen LogP) is 2.85. The Morgan fingerprint density at radius 2 is 1.68 bits per heavy atom. The van der Waals surface area contributed by atoms with E-state index < -0.39 is 6.10 Å². The minimum Gasteiger partial charge on any atom is -0.391 e. The van der Waals surface area contributed by atoms with Crippen molar-refractivity contribution in [3.8, 4) is 0 Å². The van der Waals surface area contributed by atoms with Gasteiger partial charge in [0.2, 0.25) is 0 Å². The van der Waals surface area contributed by atoms with Crippen molar-refractivity contribution in [3.63, 3.8) is 0 Å². The van der Waals surface area contributed by atoms with Crippen molar-refractivity contribution in [1.29, 1.82) is 0 Å². The molecule has 2 aromatic rings. The summed E-state index contributed by atoms with van der Waals surface area (Å²) in [5.41, 5.74) is 8.66. The van der Waals surface area contributed by atoms with Crippen LogP contribution in [0.15, 0.2) is 54.6 Å². The maximum absolute atomic E-state index is 9.92. The summed E-state index contributed by atoms with van der Waals surface area (Å²) in [6.45, 7) is 2.25. The Hall–Kier alpha value is -1.84. The summed E-state index contributed by atoms with van der Waals surface area (Å²) in [5, 5.41) is 13.3. The van der Waals surface area contributed by atoms with Crippen molar-refractivity contribution in [2.45, 2.75) is 18.9 Å². The molecule has 3 nitrogen and oxygen atoms in total. The van der Waals surface area contributed by atoms with Crippen LogP contribution in [0.25, 0.3) is 0 Å². The van der Waals surface area contributed by atoms with E-state index >= 15 is 0 Å². The standard InChI is InChI=1S/C16H20N2O/c1-12(16(19)11-17)14-9-5-6-10-15(14)18-13-7-3-2-4-8-13/h2-10,12,16,18-19H,11,17H2,1H3. The fourth-order valence-electron chi connectivity index (χ4n) is 2.10. The number of rotatable bonds is 5. The summed E-state index contributed by atoms with van der Waals surface area (Å²) in [6.07, 6.45) is -0.529. The van der Waals surface area contributed by atoms with Crippen LogP contribution in [0.1, 0.15) is 18.4 Å². The molecule has 0 heterocycles. The van der Waals surface area contributed by atoms with Crippen molar-refractivity contribution in [2.24, 2.45) is 5.73 Å². The lowest BCUT2D eigenvalue weighted by Gasteiger charge is -2.21. The van der Waals surface area contributed by atoms with Gasteiger partial charge < -0.3 is 16.2 Å². The smallest absolute Gasteiger partial charge is 0.0728 e. The zero-order valence-corrected chi connectivity index (χ0v) is 11.1. The third-order valence-electron chi connectivity index (χ3n) is 3.32. The lowest BCUT2D eigenvalue weighted by molar-refractivity contribution is 0.158. The molecule has 100 valence electrons. The summed E-state index contributed by atoms with van der Waals surface area (Å²) in [4.78, 5) is 0. The van der Waals surface area contributed by atoms with E-state index in [1.165, 1.54) is 0 Å². The van der Waals surface area contributed by atoms with Gasteiger partial charge in [-0.15, -0.1) is 0 Å². The SMILES string of the molecule is CC(c1ccccc1Nc1ccccc1)C(O)CN. The Bertz CT molecular complexity index is 513. The molecule has 2 aromatic carbocycles. The lowest BCUT2D eigenvalue weighted by Crippen LogP contribution is -2.26. The average molecular weight is 256 g/mol. The summed E-state index contributed by atoms with van der Waals surface area (Å²) >= 11 is 0. The molecule has 3 heteroatoms. The second kappa shape index (κ2) is 6.36. The van der Waals surface area contributed by atoms with E-state index in [1.807, 2.05) is 61.5 Å². The van der Waals surface area contributed by atoms with Crippen molar-refractivity contribution < 1.29 is 5.11 Å². The number of aliphatic hydroxyl groups excluding tert-OH is 1. The number of hydrogen-bond donors (Lipinski definition) is 3. The quantitative estimate of drug-likeness (QED) is 0.771. The van der Waals surface area contributed by atoms with E-state index in [9.17, 15) is 5.11 Å². The van der Waals surface area contributed by atoms with Crippen molar-refractivity contribution in [1.82, 2.24) is 0 Å². The zero-order chi connectivity index (χ0) is 13.7. The van der Waals surface area contributed by atoms with Crippen LogP contribution in [-0.2, 0) is 0 Å². The van der Waals surface area contributed by atoms with Crippen LogP contribution in [0.5, 0.6) is 0 Å². The van der Waals surface area contributed by atoms with E-state index in [4.69, 9.17) is 5.73 Å². The topological polar surface area (TPSA) is 58.3 Å². The van der Waals surface area contributed by atoms with E-state index in [0.29, 0.717) is 0 Å². The third-order valence-corrected chi connectivity index (χ3v) is 3.32. The normalized spacial score (nSPS) is 13.8. The van der Waals surface area contributed by atoms with Crippen LogP contribution in [0.2, 0.25) is 0 Å². The van der Waals surface area contributed by atoms with E-state index in [2.05, 4.69) is 5.32 Å². The number of benzene rings is 2.